The van der Waals surface area contributed by atoms with Crippen LogP contribution in [0.4, 0.5) is 5.69 Å². The fraction of sp³-hybridized carbons (Fsp3) is 0.308. The molecule has 0 aromatic heterocycles. The van der Waals surface area contributed by atoms with E-state index in [0.717, 1.165) is 11.3 Å². The Bertz CT molecular complexity index is 549. The monoisotopic (exact) mass is 260 g/mol. The predicted molar refractivity (Wildman–Crippen MR) is 74.2 cm³/mol. The minimum atomic E-state index is -0.257. The number of ketones is 1. The lowest BCUT2D eigenvalue weighted by Crippen LogP contribution is -2.29. The number of ether oxygens (including phenoxy) is 1. The number of hydrogen-bond acceptors (Lipinski definition) is 6. The Hall–Kier alpha value is -2.37. The van der Waals surface area contributed by atoms with Gasteiger partial charge >= 0.3 is 0 Å². The van der Waals surface area contributed by atoms with Gasteiger partial charge in [0.25, 0.3) is 0 Å². The molecule has 0 spiro atoms. The zero-order valence-electron chi connectivity index (χ0n) is 11.0. The number of benzene rings is 1. The van der Waals surface area contributed by atoms with Crippen LogP contribution in [0, 0.1) is 0 Å². The zero-order chi connectivity index (χ0) is 13.8. The molecule has 2 rings (SSSR count). The lowest BCUT2D eigenvalue weighted by Gasteiger charge is -2.14. The van der Waals surface area contributed by atoms with Gasteiger partial charge in [0.05, 0.1) is 6.42 Å². The Balaban J connectivity index is 2.00. The van der Waals surface area contributed by atoms with Gasteiger partial charge in [0.2, 0.25) is 11.7 Å². The summed E-state index contributed by atoms with van der Waals surface area (Å²) >= 11 is 0. The third kappa shape index (κ3) is 3.31. The largest absolute Gasteiger partial charge is 0.474 e. The maximum absolute atomic E-state index is 11.3. The van der Waals surface area contributed by atoms with Crippen molar-refractivity contribution in [3.8, 4) is 0 Å². The molecule has 0 aliphatic carbocycles. The summed E-state index contributed by atoms with van der Waals surface area (Å²) in [4.78, 5) is 13.3. The molecule has 1 aromatic rings. The molecule has 1 aromatic carbocycles. The molecule has 0 fully saturated rings. The zero-order valence-corrected chi connectivity index (χ0v) is 11.0. The molecule has 1 heterocycles. The predicted octanol–water partition coefficient (Wildman–Crippen LogP) is 0.913. The summed E-state index contributed by atoms with van der Waals surface area (Å²) in [6.07, 6.45) is 0.0721. The van der Waals surface area contributed by atoms with Gasteiger partial charge in [-0.25, -0.2) is 0 Å². The molecule has 0 unspecified atom stereocenters. The van der Waals surface area contributed by atoms with E-state index in [0.29, 0.717) is 12.5 Å². The van der Waals surface area contributed by atoms with Crippen LogP contribution in [0.5, 0.6) is 0 Å². The third-order valence-corrected chi connectivity index (χ3v) is 2.70. The van der Waals surface area contributed by atoms with E-state index >= 15 is 0 Å². The number of nitrogens with zero attached hydrogens (tertiary/aromatic N) is 3. The van der Waals surface area contributed by atoms with Gasteiger partial charge in [-0.15, -0.1) is 10.2 Å². The molecule has 19 heavy (non-hydrogen) atoms. The summed E-state index contributed by atoms with van der Waals surface area (Å²) in [6, 6.07) is 7.94. The van der Waals surface area contributed by atoms with Crippen molar-refractivity contribution in [1.82, 2.24) is 0 Å². The smallest absolute Gasteiger partial charge is 0.216 e. The molecule has 0 saturated heterocycles. The number of hydrogen-bond donors (Lipinski definition) is 1. The summed E-state index contributed by atoms with van der Waals surface area (Å²) in [5.74, 6) is -0.0246. The van der Waals surface area contributed by atoms with E-state index in [1.807, 2.05) is 43.3 Å². The van der Waals surface area contributed by atoms with Crippen LogP contribution in [0.1, 0.15) is 12.0 Å². The number of rotatable bonds is 3. The van der Waals surface area contributed by atoms with Crippen LogP contribution in [0.3, 0.4) is 0 Å². The number of carbonyl (C=O) groups is 1. The molecule has 0 saturated carbocycles. The number of carbonyl (C=O) groups excluding carboxylic acids is 1. The molecule has 2 N–H and O–H groups in total. The van der Waals surface area contributed by atoms with E-state index in [9.17, 15) is 4.79 Å². The van der Waals surface area contributed by atoms with Crippen LogP contribution >= 0.6 is 0 Å². The summed E-state index contributed by atoms with van der Waals surface area (Å²) in [7, 11) is 3.95. The molecular formula is C13H16N4O2. The lowest BCUT2D eigenvalue weighted by atomic mass is 10.2. The van der Waals surface area contributed by atoms with Gasteiger partial charge in [-0.1, -0.05) is 12.1 Å². The topological polar surface area (TPSA) is 80.3 Å². The highest BCUT2D eigenvalue weighted by Gasteiger charge is 2.17. The van der Waals surface area contributed by atoms with Crippen molar-refractivity contribution >= 4 is 23.2 Å². The fourth-order valence-electron chi connectivity index (χ4n) is 1.60. The average Bonchev–Trinajstić information content (AvgIpc) is 2.40. The first-order chi connectivity index (χ1) is 9.06. The van der Waals surface area contributed by atoms with E-state index in [2.05, 4.69) is 10.2 Å². The lowest BCUT2D eigenvalue weighted by molar-refractivity contribution is -0.112. The van der Waals surface area contributed by atoms with Gasteiger partial charge in [0.15, 0.2) is 5.84 Å². The highest BCUT2D eigenvalue weighted by atomic mass is 16.5. The summed E-state index contributed by atoms with van der Waals surface area (Å²) < 4.78 is 5.47. The molecule has 1 aliphatic rings. The van der Waals surface area contributed by atoms with Gasteiger partial charge < -0.3 is 15.4 Å². The number of Topliss-reactive ketones (excluding diaryl/α,β-unsaturated/α-hetero) is 1. The first-order valence-corrected chi connectivity index (χ1v) is 5.88. The number of anilines is 1. The van der Waals surface area contributed by atoms with Crippen molar-refractivity contribution in [3.63, 3.8) is 0 Å². The van der Waals surface area contributed by atoms with E-state index in [-0.39, 0.29) is 18.0 Å². The van der Waals surface area contributed by atoms with Gasteiger partial charge in [-0.3, -0.25) is 4.79 Å². The second-order valence-electron chi connectivity index (χ2n) is 4.43. The van der Waals surface area contributed by atoms with Crippen molar-refractivity contribution in [2.45, 2.75) is 13.0 Å². The molecule has 6 nitrogen and oxygen atoms in total. The van der Waals surface area contributed by atoms with Crippen molar-refractivity contribution in [2.24, 2.45) is 15.9 Å². The maximum Gasteiger partial charge on any atom is 0.216 e. The fourth-order valence-corrected chi connectivity index (χ4v) is 1.60. The van der Waals surface area contributed by atoms with Gasteiger partial charge in [0, 0.05) is 19.8 Å². The van der Waals surface area contributed by atoms with Crippen LogP contribution in [0.25, 0.3) is 0 Å². The van der Waals surface area contributed by atoms with Crippen LogP contribution < -0.4 is 10.6 Å². The quantitative estimate of drug-likeness (QED) is 0.876. The van der Waals surface area contributed by atoms with Crippen LogP contribution in [-0.2, 0) is 16.1 Å². The summed E-state index contributed by atoms with van der Waals surface area (Å²) in [5, 5.41) is 7.31. The SMILES string of the molecule is CN(C)c1cccc(COC2=NN=C(N)C(=O)C2)c1. The minimum Gasteiger partial charge on any atom is -0.474 e. The van der Waals surface area contributed by atoms with Crippen LogP contribution in [0.2, 0.25) is 0 Å². The standard InChI is InChI=1S/C13H16N4O2/c1-17(2)10-5-3-4-9(6-10)8-19-12-7-11(18)13(14)16-15-12/h3-6H,7-8H2,1-2H3,(H2,14,16). The van der Waals surface area contributed by atoms with Crippen molar-refractivity contribution in [3.05, 3.63) is 29.8 Å². The molecule has 6 heteroatoms. The number of amidine groups is 1. The molecular weight excluding hydrogens is 244 g/mol. The average molecular weight is 260 g/mol. The Morgan fingerprint density at radius 2 is 2.16 bits per heavy atom. The van der Waals surface area contributed by atoms with Gasteiger partial charge in [-0.05, 0) is 17.7 Å². The molecule has 100 valence electrons. The molecule has 0 radical (unpaired) electrons. The van der Waals surface area contributed by atoms with E-state index in [1.54, 1.807) is 0 Å². The third-order valence-electron chi connectivity index (χ3n) is 2.70. The van der Waals surface area contributed by atoms with Crippen molar-refractivity contribution in [1.29, 1.82) is 0 Å². The second-order valence-corrected chi connectivity index (χ2v) is 4.43. The molecule has 0 atom stereocenters. The summed E-state index contributed by atoms with van der Waals surface area (Å²) in [6.45, 7) is 0.350. The van der Waals surface area contributed by atoms with E-state index in [4.69, 9.17) is 10.5 Å². The molecule has 0 amide bonds. The first-order valence-electron chi connectivity index (χ1n) is 5.88. The van der Waals surface area contributed by atoms with Crippen molar-refractivity contribution < 1.29 is 9.53 Å². The molecule has 1 aliphatic heterocycles. The first kappa shape index (κ1) is 13.1. The second kappa shape index (κ2) is 5.51. The number of nitrogens with two attached hydrogens (primary N) is 1. The highest BCUT2D eigenvalue weighted by Crippen LogP contribution is 2.14. The van der Waals surface area contributed by atoms with E-state index in [1.165, 1.54) is 0 Å². The minimum absolute atomic E-state index is 0.0676. The van der Waals surface area contributed by atoms with Crippen molar-refractivity contribution in [2.75, 3.05) is 19.0 Å². The highest BCUT2D eigenvalue weighted by molar-refractivity contribution is 6.42. The van der Waals surface area contributed by atoms with E-state index < -0.39 is 0 Å². The van der Waals surface area contributed by atoms with Crippen LogP contribution in [0.15, 0.2) is 34.5 Å². The molecule has 0 bridgehead atoms. The van der Waals surface area contributed by atoms with Crippen LogP contribution in [-0.4, -0.2) is 31.6 Å². The summed E-state index contributed by atoms with van der Waals surface area (Å²) in [5.41, 5.74) is 7.42. The Morgan fingerprint density at radius 3 is 2.84 bits per heavy atom. The Kier molecular flexibility index (Phi) is 3.79. The van der Waals surface area contributed by atoms with Gasteiger partial charge in [0.1, 0.15) is 6.61 Å². The normalized spacial score (nSPS) is 14.7. The van der Waals surface area contributed by atoms with Gasteiger partial charge in [-0.2, -0.15) is 0 Å². The Morgan fingerprint density at radius 1 is 1.37 bits per heavy atom. The Labute approximate surface area is 111 Å². The maximum atomic E-state index is 11.3.